The first-order valence-corrected chi connectivity index (χ1v) is 7.99. The third-order valence-corrected chi connectivity index (χ3v) is 3.89. The highest BCUT2D eigenvalue weighted by molar-refractivity contribution is 6.31. The number of nitrogens with one attached hydrogen (secondary N) is 2. The molecule has 2 rings (SSSR count). The van der Waals surface area contributed by atoms with Crippen LogP contribution in [0, 0.1) is 0 Å². The van der Waals surface area contributed by atoms with Crippen LogP contribution in [0.1, 0.15) is 22.8 Å². The zero-order valence-corrected chi connectivity index (χ0v) is 14.4. The first-order chi connectivity index (χ1) is 11.5. The van der Waals surface area contributed by atoms with E-state index in [1.54, 1.807) is 32.2 Å². The summed E-state index contributed by atoms with van der Waals surface area (Å²) in [6.07, 6.45) is 0. The maximum Gasteiger partial charge on any atom is 0.251 e. The highest BCUT2D eigenvalue weighted by Crippen LogP contribution is 2.23. The largest absolute Gasteiger partial charge is 0.497 e. The summed E-state index contributed by atoms with van der Waals surface area (Å²) < 4.78 is 5.13. The lowest BCUT2D eigenvalue weighted by molar-refractivity contribution is 0.0922. The molecule has 0 radical (unpaired) electrons. The minimum atomic E-state index is -0.271. The van der Waals surface area contributed by atoms with Gasteiger partial charge in [-0.25, -0.2) is 0 Å². The van der Waals surface area contributed by atoms with Gasteiger partial charge in [0.25, 0.3) is 5.91 Å². The van der Waals surface area contributed by atoms with Crippen LogP contribution in [0.2, 0.25) is 5.02 Å². The van der Waals surface area contributed by atoms with Gasteiger partial charge in [0.15, 0.2) is 0 Å². The molecule has 24 heavy (non-hydrogen) atoms. The van der Waals surface area contributed by atoms with Crippen LogP contribution >= 0.6 is 11.6 Å². The Morgan fingerprint density at radius 2 is 1.96 bits per heavy atom. The second-order valence-corrected chi connectivity index (χ2v) is 5.85. The van der Waals surface area contributed by atoms with E-state index in [2.05, 4.69) is 10.6 Å². The fraction of sp³-hybridized carbons (Fsp3) is 0.278. The predicted octanol–water partition coefficient (Wildman–Crippen LogP) is 3.07. The lowest BCUT2D eigenvalue weighted by Crippen LogP contribution is -2.34. The zero-order chi connectivity index (χ0) is 17.5. The number of aliphatic hydroxyl groups is 1. The Kier molecular flexibility index (Phi) is 6.46. The van der Waals surface area contributed by atoms with Crippen LogP contribution < -0.4 is 15.4 Å². The van der Waals surface area contributed by atoms with Gasteiger partial charge >= 0.3 is 0 Å². The number of hydrogen-bond acceptors (Lipinski definition) is 4. The number of methoxy groups -OCH3 is 1. The van der Waals surface area contributed by atoms with Crippen LogP contribution in [0.5, 0.6) is 5.75 Å². The van der Waals surface area contributed by atoms with Gasteiger partial charge in [0.2, 0.25) is 0 Å². The Morgan fingerprint density at radius 3 is 2.54 bits per heavy atom. The second kappa shape index (κ2) is 8.57. The Hall–Kier alpha value is -2.24. The highest BCUT2D eigenvalue weighted by atomic mass is 35.5. The summed E-state index contributed by atoms with van der Waals surface area (Å²) >= 11 is 6.21. The van der Waals surface area contributed by atoms with E-state index in [0.717, 1.165) is 17.0 Å². The number of benzene rings is 2. The Labute approximate surface area is 146 Å². The molecule has 128 valence electrons. The molecule has 1 amide bonds. The molecule has 0 aromatic heterocycles. The maximum atomic E-state index is 11.9. The first-order valence-electron chi connectivity index (χ1n) is 7.61. The molecule has 0 saturated heterocycles. The minimum Gasteiger partial charge on any atom is -0.497 e. The fourth-order valence-electron chi connectivity index (χ4n) is 2.09. The SMILES string of the molecule is COc1ccc(CNc2ccc(C(=O)NC(C)CO)cc2)c(Cl)c1. The first kappa shape index (κ1) is 18.1. The number of rotatable bonds is 7. The third-order valence-electron chi connectivity index (χ3n) is 3.54. The summed E-state index contributed by atoms with van der Waals surface area (Å²) in [5, 5.41) is 15.6. The second-order valence-electron chi connectivity index (χ2n) is 5.45. The molecule has 0 aliphatic heterocycles. The van der Waals surface area contributed by atoms with E-state index >= 15 is 0 Å². The Bertz CT molecular complexity index is 689. The average Bonchev–Trinajstić information content (AvgIpc) is 2.60. The summed E-state index contributed by atoms with van der Waals surface area (Å²) in [5.41, 5.74) is 2.38. The van der Waals surface area contributed by atoms with Crippen molar-refractivity contribution in [3.63, 3.8) is 0 Å². The van der Waals surface area contributed by atoms with Crippen molar-refractivity contribution in [1.29, 1.82) is 0 Å². The van der Waals surface area contributed by atoms with Crippen molar-refractivity contribution < 1.29 is 14.6 Å². The highest BCUT2D eigenvalue weighted by Gasteiger charge is 2.09. The van der Waals surface area contributed by atoms with Crippen molar-refractivity contribution in [2.75, 3.05) is 19.0 Å². The molecule has 0 fully saturated rings. The van der Waals surface area contributed by atoms with E-state index in [9.17, 15) is 4.79 Å². The van der Waals surface area contributed by atoms with E-state index < -0.39 is 0 Å². The van der Waals surface area contributed by atoms with Gasteiger partial charge in [0.05, 0.1) is 13.7 Å². The number of carbonyl (C=O) groups excluding carboxylic acids is 1. The third kappa shape index (κ3) is 4.88. The van der Waals surface area contributed by atoms with Crippen LogP contribution in [0.3, 0.4) is 0 Å². The van der Waals surface area contributed by atoms with Gasteiger partial charge < -0.3 is 20.5 Å². The lowest BCUT2D eigenvalue weighted by Gasteiger charge is -2.12. The zero-order valence-electron chi connectivity index (χ0n) is 13.7. The van der Waals surface area contributed by atoms with E-state index in [0.29, 0.717) is 17.1 Å². The molecular formula is C18H21ClN2O3. The molecule has 5 nitrogen and oxygen atoms in total. The fourth-order valence-corrected chi connectivity index (χ4v) is 2.33. The quantitative estimate of drug-likeness (QED) is 0.719. The molecule has 0 aliphatic carbocycles. The van der Waals surface area contributed by atoms with Gasteiger partial charge in [-0.1, -0.05) is 17.7 Å². The molecule has 2 aromatic rings. The van der Waals surface area contributed by atoms with E-state index in [1.807, 2.05) is 24.3 Å². The Balaban J connectivity index is 1.95. The lowest BCUT2D eigenvalue weighted by atomic mass is 10.1. The van der Waals surface area contributed by atoms with Gasteiger partial charge in [0.1, 0.15) is 5.75 Å². The van der Waals surface area contributed by atoms with E-state index in [-0.39, 0.29) is 18.6 Å². The number of hydrogen-bond donors (Lipinski definition) is 3. The number of aliphatic hydroxyl groups excluding tert-OH is 1. The summed E-state index contributed by atoms with van der Waals surface area (Å²) in [6.45, 7) is 2.22. The molecule has 0 saturated carbocycles. The normalized spacial score (nSPS) is 11.7. The van der Waals surface area contributed by atoms with Gasteiger partial charge in [0, 0.05) is 28.9 Å². The number of anilines is 1. The van der Waals surface area contributed by atoms with Gasteiger partial charge in [-0.2, -0.15) is 0 Å². The average molecular weight is 349 g/mol. The molecule has 2 aromatic carbocycles. The number of amides is 1. The number of carbonyl (C=O) groups is 1. The van der Waals surface area contributed by atoms with Crippen LogP contribution in [-0.2, 0) is 6.54 Å². The summed E-state index contributed by atoms with van der Waals surface area (Å²) in [5.74, 6) is 0.512. The van der Waals surface area contributed by atoms with Crippen LogP contribution in [0.15, 0.2) is 42.5 Å². The molecule has 0 bridgehead atoms. The van der Waals surface area contributed by atoms with Crippen LogP contribution in [0.4, 0.5) is 5.69 Å². The van der Waals surface area contributed by atoms with E-state index in [1.165, 1.54) is 0 Å². The van der Waals surface area contributed by atoms with Gasteiger partial charge in [-0.15, -0.1) is 0 Å². The van der Waals surface area contributed by atoms with Gasteiger partial charge in [-0.05, 0) is 48.9 Å². The van der Waals surface area contributed by atoms with Crippen molar-refractivity contribution in [3.05, 3.63) is 58.6 Å². The van der Waals surface area contributed by atoms with Crippen LogP contribution in [-0.4, -0.2) is 30.8 Å². The summed E-state index contributed by atoms with van der Waals surface area (Å²) in [7, 11) is 1.60. The maximum absolute atomic E-state index is 11.9. The molecule has 1 atom stereocenters. The molecule has 0 spiro atoms. The molecular weight excluding hydrogens is 328 g/mol. The predicted molar refractivity (Wildman–Crippen MR) is 95.8 cm³/mol. The van der Waals surface area contributed by atoms with Crippen molar-refractivity contribution in [2.24, 2.45) is 0 Å². The van der Waals surface area contributed by atoms with Crippen molar-refractivity contribution >= 4 is 23.2 Å². The molecule has 1 unspecified atom stereocenters. The van der Waals surface area contributed by atoms with Gasteiger partial charge in [-0.3, -0.25) is 4.79 Å². The van der Waals surface area contributed by atoms with Crippen LogP contribution in [0.25, 0.3) is 0 Å². The molecule has 6 heteroatoms. The number of halogens is 1. The summed E-state index contributed by atoms with van der Waals surface area (Å²) in [4.78, 5) is 11.9. The molecule has 3 N–H and O–H groups in total. The molecule has 0 aliphatic rings. The standard InChI is InChI=1S/C18H21ClN2O3/c1-12(11-22)21-18(23)13-3-6-15(7-4-13)20-10-14-5-8-16(24-2)9-17(14)19/h3-9,12,20,22H,10-11H2,1-2H3,(H,21,23). The topological polar surface area (TPSA) is 70.6 Å². The number of ether oxygens (including phenoxy) is 1. The van der Waals surface area contributed by atoms with Crippen molar-refractivity contribution in [2.45, 2.75) is 19.5 Å². The minimum absolute atomic E-state index is 0.0893. The smallest absolute Gasteiger partial charge is 0.251 e. The van der Waals surface area contributed by atoms with Crippen molar-refractivity contribution in [3.8, 4) is 5.75 Å². The molecule has 0 heterocycles. The monoisotopic (exact) mass is 348 g/mol. The van der Waals surface area contributed by atoms with Crippen molar-refractivity contribution in [1.82, 2.24) is 5.32 Å². The summed E-state index contributed by atoms with van der Waals surface area (Å²) in [6, 6.07) is 12.4. The Morgan fingerprint density at radius 1 is 1.25 bits per heavy atom. The van der Waals surface area contributed by atoms with E-state index in [4.69, 9.17) is 21.4 Å².